The maximum Gasteiger partial charge on any atom is 0.349 e. The standard InChI is InChI=1S/C25H22ClNO4S2/c1-27(2)22-15-13-19(14-16-22)17-23(20-9-5-3-6-10-20)25(31-26(28,29)30)32-18-24(33-25)21-11-7-4-8-12-21/h3-18H,1-2H3/b23-17+. The van der Waals surface area contributed by atoms with Gasteiger partial charge in [-0.1, -0.05) is 96.3 Å². The minimum Gasteiger partial charge on any atom is -0.378 e. The summed E-state index contributed by atoms with van der Waals surface area (Å²) in [5, 5.41) is 1.84. The molecular formula is C25H22ClNO4S2. The van der Waals surface area contributed by atoms with Crippen molar-refractivity contribution in [1.29, 1.82) is 0 Å². The lowest BCUT2D eigenvalue weighted by molar-refractivity contribution is -1.92. The predicted octanol–water partition coefficient (Wildman–Crippen LogP) is 3.34. The Balaban J connectivity index is 1.81. The average Bonchev–Trinajstić information content (AvgIpc) is 3.22. The van der Waals surface area contributed by atoms with Crippen molar-refractivity contribution < 1.29 is 28.5 Å². The van der Waals surface area contributed by atoms with Gasteiger partial charge in [-0.15, -0.1) is 0 Å². The van der Waals surface area contributed by atoms with Gasteiger partial charge in [-0.3, -0.25) is 0 Å². The van der Waals surface area contributed by atoms with Crippen LogP contribution in [0.2, 0.25) is 0 Å². The van der Waals surface area contributed by atoms with Crippen molar-refractivity contribution in [2.24, 2.45) is 0 Å². The van der Waals surface area contributed by atoms with Crippen molar-refractivity contribution in [2.75, 3.05) is 19.0 Å². The van der Waals surface area contributed by atoms with Crippen LogP contribution in [0, 0.1) is 10.2 Å². The van der Waals surface area contributed by atoms with E-state index < -0.39 is 14.5 Å². The van der Waals surface area contributed by atoms with E-state index in [1.807, 2.05) is 115 Å². The van der Waals surface area contributed by atoms with Crippen molar-refractivity contribution in [3.8, 4) is 0 Å². The molecule has 4 rings (SSSR count). The number of hydrogen-bond acceptors (Lipinski definition) is 7. The second-order valence-electron chi connectivity index (χ2n) is 7.49. The van der Waals surface area contributed by atoms with Gasteiger partial charge < -0.3 is 4.90 Å². The monoisotopic (exact) mass is 499 g/mol. The topological polar surface area (TPSA) is 81.7 Å². The Hall–Kier alpha value is -2.23. The van der Waals surface area contributed by atoms with Gasteiger partial charge in [-0.25, -0.2) is 0 Å². The summed E-state index contributed by atoms with van der Waals surface area (Å²) in [5.74, 6) is 0. The summed E-state index contributed by atoms with van der Waals surface area (Å²) >= 11 is 2.37. The molecule has 3 aromatic carbocycles. The van der Waals surface area contributed by atoms with Crippen LogP contribution in [0.15, 0.2) is 90.3 Å². The molecule has 0 saturated heterocycles. The van der Waals surface area contributed by atoms with Gasteiger partial charge in [-0.2, -0.15) is 14.0 Å². The minimum absolute atomic E-state index is 0.574. The lowest BCUT2D eigenvalue weighted by atomic mass is 10.0. The van der Waals surface area contributed by atoms with Crippen LogP contribution in [0.5, 0.6) is 0 Å². The maximum atomic E-state index is 11.9. The number of halogens is 1. The number of nitrogens with zero attached hydrogens (tertiary/aromatic N) is 1. The molecule has 0 spiro atoms. The Kier molecular flexibility index (Phi) is 7.21. The van der Waals surface area contributed by atoms with Crippen LogP contribution < -0.4 is 18.9 Å². The molecule has 0 aromatic heterocycles. The molecule has 0 radical (unpaired) electrons. The number of anilines is 1. The second-order valence-corrected chi connectivity index (χ2v) is 10.9. The summed E-state index contributed by atoms with van der Waals surface area (Å²) in [6, 6.07) is 26.8. The molecule has 0 N–H and O–H groups in total. The zero-order valence-electron chi connectivity index (χ0n) is 18.0. The van der Waals surface area contributed by atoms with Gasteiger partial charge in [0.25, 0.3) is 0 Å². The van der Waals surface area contributed by atoms with Gasteiger partial charge in [0.1, 0.15) is 4.29 Å². The van der Waals surface area contributed by atoms with E-state index in [-0.39, 0.29) is 0 Å². The molecule has 0 fully saturated rings. The first-order chi connectivity index (χ1) is 15.8. The molecule has 1 heterocycles. The molecule has 170 valence electrons. The van der Waals surface area contributed by atoms with Crippen LogP contribution in [0.25, 0.3) is 16.6 Å². The summed E-state index contributed by atoms with van der Waals surface area (Å²) in [5.41, 5.74) is 4.15. The summed E-state index contributed by atoms with van der Waals surface area (Å²) < 4.78 is 39.3. The molecule has 1 aliphatic heterocycles. The third kappa shape index (κ3) is 5.83. The van der Waals surface area contributed by atoms with E-state index >= 15 is 0 Å². The van der Waals surface area contributed by atoms with Crippen molar-refractivity contribution >= 4 is 45.8 Å². The zero-order chi connectivity index (χ0) is 23.5. The normalized spacial score (nSPS) is 18.8. The van der Waals surface area contributed by atoms with Crippen molar-refractivity contribution in [2.45, 2.75) is 4.27 Å². The Morgan fingerprint density at radius 1 is 0.879 bits per heavy atom. The molecule has 3 aromatic rings. The third-order valence-electron chi connectivity index (χ3n) is 4.95. The first-order valence-electron chi connectivity index (χ1n) is 10.0. The first kappa shape index (κ1) is 23.9. The van der Waals surface area contributed by atoms with E-state index in [1.54, 1.807) is 0 Å². The van der Waals surface area contributed by atoms with E-state index in [4.69, 9.17) is 4.29 Å². The van der Waals surface area contributed by atoms with Crippen molar-refractivity contribution in [3.05, 3.63) is 107 Å². The zero-order valence-corrected chi connectivity index (χ0v) is 20.4. The Morgan fingerprint density at radius 2 is 1.48 bits per heavy atom. The quantitative estimate of drug-likeness (QED) is 0.461. The maximum absolute atomic E-state index is 11.9. The van der Waals surface area contributed by atoms with Crippen LogP contribution in [-0.2, 0) is 4.29 Å². The fraction of sp³-hybridized carbons (Fsp3) is 0.120. The molecule has 1 aliphatic rings. The lowest BCUT2D eigenvalue weighted by Crippen LogP contribution is -2.63. The molecule has 5 nitrogen and oxygen atoms in total. The second kappa shape index (κ2) is 9.95. The Bertz CT molecular complexity index is 1150. The third-order valence-corrected chi connectivity index (χ3v) is 8.36. The summed E-state index contributed by atoms with van der Waals surface area (Å²) in [6.45, 7) is 0. The van der Waals surface area contributed by atoms with E-state index in [9.17, 15) is 14.0 Å². The fourth-order valence-electron chi connectivity index (χ4n) is 3.37. The predicted molar refractivity (Wildman–Crippen MR) is 128 cm³/mol. The van der Waals surface area contributed by atoms with Crippen LogP contribution >= 0.6 is 23.5 Å². The van der Waals surface area contributed by atoms with Gasteiger partial charge in [0, 0.05) is 30.3 Å². The molecule has 0 saturated carbocycles. The van der Waals surface area contributed by atoms with Crippen LogP contribution in [0.1, 0.15) is 16.7 Å². The molecule has 1 unspecified atom stereocenters. The number of thioether (sulfide) groups is 2. The molecule has 8 heteroatoms. The van der Waals surface area contributed by atoms with Gasteiger partial charge >= 0.3 is 4.27 Å². The largest absolute Gasteiger partial charge is 0.378 e. The highest BCUT2D eigenvalue weighted by Crippen LogP contribution is 2.60. The molecule has 0 bridgehead atoms. The highest BCUT2D eigenvalue weighted by molar-refractivity contribution is 8.27. The molecule has 0 aliphatic carbocycles. The minimum atomic E-state index is -4.69. The van der Waals surface area contributed by atoms with Crippen LogP contribution in [-0.4, -0.2) is 18.4 Å². The van der Waals surface area contributed by atoms with E-state index in [1.165, 1.54) is 23.5 Å². The van der Waals surface area contributed by atoms with Gasteiger partial charge in [-0.05, 0) is 40.3 Å². The van der Waals surface area contributed by atoms with Crippen molar-refractivity contribution in [1.82, 2.24) is 0 Å². The van der Waals surface area contributed by atoms with Crippen LogP contribution in [0.4, 0.5) is 5.69 Å². The van der Waals surface area contributed by atoms with E-state index in [0.717, 1.165) is 27.3 Å². The smallest absolute Gasteiger partial charge is 0.349 e. The molecule has 1 atom stereocenters. The Labute approximate surface area is 204 Å². The number of hydrogen-bond donors (Lipinski definition) is 0. The fourth-order valence-corrected chi connectivity index (χ4v) is 6.91. The van der Waals surface area contributed by atoms with Gasteiger partial charge in [0.05, 0.1) is 10.2 Å². The summed E-state index contributed by atoms with van der Waals surface area (Å²) in [7, 11) is -0.770. The number of rotatable bonds is 7. The number of benzene rings is 3. The highest BCUT2D eigenvalue weighted by atomic mass is 35.7. The average molecular weight is 500 g/mol. The highest BCUT2D eigenvalue weighted by Gasteiger charge is 2.55. The van der Waals surface area contributed by atoms with Crippen molar-refractivity contribution in [3.63, 3.8) is 0 Å². The van der Waals surface area contributed by atoms with Gasteiger partial charge in [0.15, 0.2) is 0 Å². The van der Waals surface area contributed by atoms with E-state index in [2.05, 4.69) is 0 Å². The first-order valence-corrected chi connectivity index (χ1v) is 13.0. The Morgan fingerprint density at radius 3 is 2.06 bits per heavy atom. The molecule has 0 amide bonds. The summed E-state index contributed by atoms with van der Waals surface area (Å²) in [4.78, 5) is 2.82. The summed E-state index contributed by atoms with van der Waals surface area (Å²) in [6.07, 6.45) is 1.87. The SMILES string of the molecule is CN(C)c1ccc(/C=C(\c2ccccc2)C2(O[Cl+3]([O-])([O-])[O-])SC=C(c3ccccc3)S2)cc1. The molecular weight excluding hydrogens is 478 g/mol. The molecule has 33 heavy (non-hydrogen) atoms. The van der Waals surface area contributed by atoms with E-state index in [0.29, 0.717) is 5.57 Å². The van der Waals surface area contributed by atoms with Crippen LogP contribution in [0.3, 0.4) is 0 Å². The lowest BCUT2D eigenvalue weighted by Gasteiger charge is -2.27. The van der Waals surface area contributed by atoms with Gasteiger partial charge in [0.2, 0.25) is 0 Å².